The molecule has 0 aliphatic heterocycles. The average molecular weight is 337 g/mol. The Kier molecular flexibility index (Phi) is 5.32. The Labute approximate surface area is 136 Å². The van der Waals surface area contributed by atoms with Crippen molar-refractivity contribution < 1.29 is 14.0 Å². The van der Waals surface area contributed by atoms with Gasteiger partial charge in [-0.25, -0.2) is 9.18 Å². The lowest BCUT2D eigenvalue weighted by Crippen LogP contribution is -2.41. The van der Waals surface area contributed by atoms with E-state index in [-0.39, 0.29) is 5.82 Å². The number of aromatic nitrogens is 3. The van der Waals surface area contributed by atoms with Crippen LogP contribution >= 0.6 is 11.8 Å². The van der Waals surface area contributed by atoms with E-state index in [9.17, 15) is 14.0 Å². The number of hydrogen-bond acceptors (Lipinski definition) is 5. The van der Waals surface area contributed by atoms with E-state index in [2.05, 4.69) is 20.8 Å². The number of benzene rings is 1. The molecule has 2 rings (SSSR count). The third-order valence-electron chi connectivity index (χ3n) is 3.05. The van der Waals surface area contributed by atoms with Crippen molar-refractivity contribution in [2.24, 2.45) is 7.05 Å². The predicted octanol–water partition coefficient (Wildman–Crippen LogP) is 1.56. The van der Waals surface area contributed by atoms with Crippen molar-refractivity contribution in [2.45, 2.75) is 17.3 Å². The maximum absolute atomic E-state index is 13.0. The van der Waals surface area contributed by atoms with Gasteiger partial charge in [0, 0.05) is 19.7 Å². The molecule has 2 aromatic rings. The largest absolute Gasteiger partial charge is 0.341 e. The summed E-state index contributed by atoms with van der Waals surface area (Å²) in [5.74, 6) is -0.197. The number of nitrogens with one attached hydrogen (secondary N) is 2. The van der Waals surface area contributed by atoms with Crippen LogP contribution in [0.1, 0.15) is 6.92 Å². The van der Waals surface area contributed by atoms with Gasteiger partial charge in [-0.3, -0.25) is 10.1 Å². The highest BCUT2D eigenvalue weighted by Gasteiger charge is 2.20. The van der Waals surface area contributed by atoms with Crippen LogP contribution in [0.2, 0.25) is 0 Å². The van der Waals surface area contributed by atoms with Gasteiger partial charge in [-0.05, 0) is 31.2 Å². The maximum atomic E-state index is 13.0. The van der Waals surface area contributed by atoms with E-state index >= 15 is 0 Å². The number of imide groups is 1. The molecule has 9 heteroatoms. The zero-order valence-electron chi connectivity index (χ0n) is 12.8. The van der Waals surface area contributed by atoms with E-state index in [1.807, 2.05) is 0 Å². The second-order valence-electron chi connectivity index (χ2n) is 4.70. The molecule has 23 heavy (non-hydrogen) atoms. The summed E-state index contributed by atoms with van der Waals surface area (Å²) in [6, 6.07) is 5.34. The molecule has 1 aromatic carbocycles. The number of hydrogen-bond donors (Lipinski definition) is 2. The Morgan fingerprint density at radius 2 is 1.91 bits per heavy atom. The fourth-order valence-electron chi connectivity index (χ4n) is 1.76. The fraction of sp³-hybridized carbons (Fsp3) is 0.286. The molecule has 0 aliphatic rings. The Morgan fingerprint density at radius 3 is 2.52 bits per heavy atom. The van der Waals surface area contributed by atoms with Gasteiger partial charge in [0.2, 0.25) is 5.91 Å². The molecule has 1 heterocycles. The van der Waals surface area contributed by atoms with Gasteiger partial charge in [0.05, 0.1) is 5.25 Å². The van der Waals surface area contributed by atoms with Crippen LogP contribution in [0.4, 0.5) is 9.18 Å². The van der Waals surface area contributed by atoms with E-state index < -0.39 is 17.2 Å². The van der Waals surface area contributed by atoms with Crippen LogP contribution in [0.5, 0.6) is 0 Å². The van der Waals surface area contributed by atoms with E-state index in [4.69, 9.17) is 0 Å². The Hall–Kier alpha value is -2.42. The summed E-state index contributed by atoms with van der Waals surface area (Å²) in [5, 5.41) is 12.6. The molecular weight excluding hydrogens is 321 g/mol. The van der Waals surface area contributed by atoms with Crippen molar-refractivity contribution in [1.29, 1.82) is 0 Å². The summed E-state index contributed by atoms with van der Waals surface area (Å²) in [6.07, 6.45) is 0. The number of urea groups is 1. The molecular formula is C14H16FN5O2S. The summed E-state index contributed by atoms with van der Waals surface area (Å²) in [6.45, 7) is 1.66. The average Bonchev–Trinajstić information content (AvgIpc) is 2.89. The van der Waals surface area contributed by atoms with Crippen LogP contribution in [-0.2, 0) is 11.8 Å². The number of thioether (sulfide) groups is 1. The van der Waals surface area contributed by atoms with Crippen LogP contribution < -0.4 is 10.6 Å². The fourth-order valence-corrected chi connectivity index (χ4v) is 2.57. The van der Waals surface area contributed by atoms with Crippen LogP contribution in [0.3, 0.4) is 0 Å². The third kappa shape index (κ3) is 4.07. The minimum Gasteiger partial charge on any atom is -0.341 e. The van der Waals surface area contributed by atoms with Gasteiger partial charge in [0.1, 0.15) is 5.82 Å². The maximum Gasteiger partial charge on any atom is 0.321 e. The van der Waals surface area contributed by atoms with E-state index in [1.165, 1.54) is 30.9 Å². The first kappa shape index (κ1) is 16.9. The van der Waals surface area contributed by atoms with Crippen molar-refractivity contribution in [3.8, 4) is 11.4 Å². The molecule has 122 valence electrons. The van der Waals surface area contributed by atoms with Gasteiger partial charge in [-0.2, -0.15) is 0 Å². The second kappa shape index (κ2) is 7.23. The van der Waals surface area contributed by atoms with Crippen molar-refractivity contribution in [2.75, 3.05) is 7.05 Å². The van der Waals surface area contributed by atoms with E-state index in [0.717, 1.165) is 5.56 Å². The number of amides is 3. The third-order valence-corrected chi connectivity index (χ3v) is 4.19. The minimum atomic E-state index is -0.563. The number of carbonyl (C=O) groups excluding carboxylic acids is 2. The van der Waals surface area contributed by atoms with Crippen molar-refractivity contribution in [1.82, 2.24) is 25.4 Å². The first-order valence-corrected chi connectivity index (χ1v) is 7.65. The van der Waals surface area contributed by atoms with Gasteiger partial charge in [0.25, 0.3) is 0 Å². The number of halogens is 1. The first-order chi connectivity index (χ1) is 10.9. The lowest BCUT2D eigenvalue weighted by atomic mass is 10.2. The molecule has 2 N–H and O–H groups in total. The summed E-state index contributed by atoms with van der Waals surface area (Å²) in [5.41, 5.74) is 0.718. The standard InChI is InChI=1S/C14H16FN5O2S/c1-8(12(21)17-13(22)16-2)23-14-19-18-11(20(14)3)9-4-6-10(15)7-5-9/h4-8H,1-3H3,(H2,16,17,21,22). The molecule has 0 radical (unpaired) electrons. The molecule has 0 fully saturated rings. The molecule has 0 bridgehead atoms. The van der Waals surface area contributed by atoms with Crippen molar-refractivity contribution in [3.05, 3.63) is 30.1 Å². The molecule has 0 spiro atoms. The summed E-state index contributed by atoms with van der Waals surface area (Å²) < 4.78 is 14.7. The molecule has 1 aromatic heterocycles. The number of carbonyl (C=O) groups is 2. The Balaban J connectivity index is 2.11. The lowest BCUT2D eigenvalue weighted by Gasteiger charge is -2.10. The number of nitrogens with zero attached hydrogens (tertiary/aromatic N) is 3. The van der Waals surface area contributed by atoms with E-state index in [1.54, 1.807) is 30.7 Å². The molecule has 1 atom stereocenters. The zero-order chi connectivity index (χ0) is 17.0. The van der Waals surface area contributed by atoms with E-state index in [0.29, 0.717) is 11.0 Å². The van der Waals surface area contributed by atoms with Gasteiger partial charge in [0.15, 0.2) is 11.0 Å². The Morgan fingerprint density at radius 1 is 1.26 bits per heavy atom. The van der Waals surface area contributed by atoms with Crippen molar-refractivity contribution >= 4 is 23.7 Å². The highest BCUT2D eigenvalue weighted by molar-refractivity contribution is 8.00. The SMILES string of the molecule is CNC(=O)NC(=O)C(C)Sc1nnc(-c2ccc(F)cc2)n1C. The first-order valence-electron chi connectivity index (χ1n) is 6.77. The monoisotopic (exact) mass is 337 g/mol. The van der Waals surface area contributed by atoms with Gasteiger partial charge < -0.3 is 9.88 Å². The normalized spacial score (nSPS) is 11.8. The molecule has 7 nitrogen and oxygen atoms in total. The topological polar surface area (TPSA) is 88.9 Å². The number of rotatable bonds is 4. The summed E-state index contributed by atoms with van der Waals surface area (Å²) in [7, 11) is 3.18. The van der Waals surface area contributed by atoms with Crippen molar-refractivity contribution in [3.63, 3.8) is 0 Å². The lowest BCUT2D eigenvalue weighted by molar-refractivity contribution is -0.119. The highest BCUT2D eigenvalue weighted by Crippen LogP contribution is 2.25. The van der Waals surface area contributed by atoms with Gasteiger partial charge in [-0.15, -0.1) is 10.2 Å². The van der Waals surface area contributed by atoms with Crippen LogP contribution in [0.15, 0.2) is 29.4 Å². The minimum absolute atomic E-state index is 0.329. The van der Waals surface area contributed by atoms with Crippen LogP contribution in [0.25, 0.3) is 11.4 Å². The highest BCUT2D eigenvalue weighted by atomic mass is 32.2. The molecule has 1 unspecified atom stereocenters. The van der Waals surface area contributed by atoms with Crippen LogP contribution in [0, 0.1) is 5.82 Å². The molecule has 0 aliphatic carbocycles. The van der Waals surface area contributed by atoms with Gasteiger partial charge >= 0.3 is 6.03 Å². The molecule has 3 amide bonds. The smallest absolute Gasteiger partial charge is 0.321 e. The molecule has 0 saturated heterocycles. The quantitative estimate of drug-likeness (QED) is 0.827. The Bertz CT molecular complexity index is 716. The zero-order valence-corrected chi connectivity index (χ0v) is 13.6. The molecule has 0 saturated carbocycles. The predicted molar refractivity (Wildman–Crippen MR) is 84.3 cm³/mol. The second-order valence-corrected chi connectivity index (χ2v) is 6.01. The summed E-state index contributed by atoms with van der Waals surface area (Å²) >= 11 is 1.17. The summed E-state index contributed by atoms with van der Waals surface area (Å²) in [4.78, 5) is 23.0. The van der Waals surface area contributed by atoms with Crippen LogP contribution in [-0.4, -0.2) is 39.0 Å². The van der Waals surface area contributed by atoms with Gasteiger partial charge in [-0.1, -0.05) is 11.8 Å².